The number of hydrogen-bond donors (Lipinski definition) is 2. The molecule has 0 spiro atoms. The number of nitrogens with one attached hydrogen (secondary N) is 2. The summed E-state index contributed by atoms with van der Waals surface area (Å²) in [4.78, 5) is 15.7. The SMILES string of the molecule is COc1cc(/C=C/C(=O)NCc2ccc3[nH]c(C)c(C)c3c2)ccc1OCc1c(C)noc1C. The average molecular weight is 460 g/mol. The zero-order valence-electron chi connectivity index (χ0n) is 20.1. The third-order valence-corrected chi connectivity index (χ3v) is 6.01. The number of aryl methyl sites for hydroxylation is 4. The fraction of sp³-hybridized carbons (Fsp3) is 0.259. The van der Waals surface area contributed by atoms with Crippen LogP contribution in [-0.4, -0.2) is 23.2 Å². The minimum absolute atomic E-state index is 0.167. The first-order valence-corrected chi connectivity index (χ1v) is 11.1. The molecule has 0 saturated carbocycles. The smallest absolute Gasteiger partial charge is 0.244 e. The van der Waals surface area contributed by atoms with Gasteiger partial charge in [0.2, 0.25) is 5.91 Å². The third-order valence-electron chi connectivity index (χ3n) is 6.01. The quantitative estimate of drug-likeness (QED) is 0.349. The second-order valence-corrected chi connectivity index (χ2v) is 8.31. The van der Waals surface area contributed by atoms with E-state index in [9.17, 15) is 4.79 Å². The average Bonchev–Trinajstić information content (AvgIpc) is 3.31. The van der Waals surface area contributed by atoms with E-state index in [4.69, 9.17) is 14.0 Å². The van der Waals surface area contributed by atoms with Crippen LogP contribution < -0.4 is 14.8 Å². The van der Waals surface area contributed by atoms with Crippen molar-refractivity contribution in [2.24, 2.45) is 0 Å². The first-order valence-electron chi connectivity index (χ1n) is 11.1. The van der Waals surface area contributed by atoms with Crippen LogP contribution in [0.3, 0.4) is 0 Å². The lowest BCUT2D eigenvalue weighted by molar-refractivity contribution is -0.116. The molecule has 0 saturated heterocycles. The number of hydrogen-bond acceptors (Lipinski definition) is 5. The van der Waals surface area contributed by atoms with Gasteiger partial charge in [0.15, 0.2) is 11.5 Å². The predicted octanol–water partition coefficient (Wildman–Crippen LogP) is 5.31. The molecule has 176 valence electrons. The first kappa shape index (κ1) is 23.2. The number of aromatic amines is 1. The minimum Gasteiger partial charge on any atom is -0.493 e. The van der Waals surface area contributed by atoms with Gasteiger partial charge in [0, 0.05) is 29.2 Å². The summed E-state index contributed by atoms with van der Waals surface area (Å²) in [6.45, 7) is 8.69. The summed E-state index contributed by atoms with van der Waals surface area (Å²) in [5.41, 5.74) is 7.11. The summed E-state index contributed by atoms with van der Waals surface area (Å²) < 4.78 is 16.6. The van der Waals surface area contributed by atoms with Gasteiger partial charge in [0.25, 0.3) is 0 Å². The Hall–Kier alpha value is -4.00. The lowest BCUT2D eigenvalue weighted by Gasteiger charge is -2.11. The summed E-state index contributed by atoms with van der Waals surface area (Å²) in [5.74, 6) is 1.76. The van der Waals surface area contributed by atoms with E-state index in [-0.39, 0.29) is 5.91 Å². The van der Waals surface area contributed by atoms with Gasteiger partial charge >= 0.3 is 0 Å². The van der Waals surface area contributed by atoms with Crippen LogP contribution in [0.2, 0.25) is 0 Å². The molecule has 0 aliphatic carbocycles. The molecule has 2 aromatic carbocycles. The van der Waals surface area contributed by atoms with Crippen molar-refractivity contribution in [2.75, 3.05) is 7.11 Å². The van der Waals surface area contributed by atoms with E-state index in [2.05, 4.69) is 35.4 Å². The van der Waals surface area contributed by atoms with Gasteiger partial charge in [-0.2, -0.15) is 0 Å². The van der Waals surface area contributed by atoms with Crippen LogP contribution in [0, 0.1) is 27.7 Å². The summed E-state index contributed by atoms with van der Waals surface area (Å²) in [7, 11) is 1.59. The van der Waals surface area contributed by atoms with Crippen molar-refractivity contribution in [3.05, 3.63) is 81.9 Å². The molecule has 0 radical (unpaired) electrons. The molecular formula is C27H29N3O4. The van der Waals surface area contributed by atoms with E-state index in [0.717, 1.165) is 39.4 Å². The Labute approximate surface area is 198 Å². The first-order chi connectivity index (χ1) is 16.4. The van der Waals surface area contributed by atoms with Gasteiger partial charge in [-0.15, -0.1) is 0 Å². The topological polar surface area (TPSA) is 89.4 Å². The van der Waals surface area contributed by atoms with Crippen LogP contribution in [0.1, 0.15) is 39.4 Å². The number of fused-ring (bicyclic) bond motifs is 1. The number of aromatic nitrogens is 2. The van der Waals surface area contributed by atoms with Crippen molar-refractivity contribution in [1.82, 2.24) is 15.5 Å². The highest BCUT2D eigenvalue weighted by Gasteiger charge is 2.12. The monoisotopic (exact) mass is 459 g/mol. The zero-order valence-corrected chi connectivity index (χ0v) is 20.1. The lowest BCUT2D eigenvalue weighted by Crippen LogP contribution is -2.20. The van der Waals surface area contributed by atoms with Gasteiger partial charge in [-0.25, -0.2) is 0 Å². The fourth-order valence-corrected chi connectivity index (χ4v) is 3.80. The largest absolute Gasteiger partial charge is 0.493 e. The Morgan fingerprint density at radius 1 is 1.12 bits per heavy atom. The highest BCUT2D eigenvalue weighted by molar-refractivity contribution is 5.92. The van der Waals surface area contributed by atoms with Crippen molar-refractivity contribution < 1.29 is 18.8 Å². The lowest BCUT2D eigenvalue weighted by atomic mass is 10.1. The number of nitrogens with zero attached hydrogens (tertiary/aromatic N) is 1. The second-order valence-electron chi connectivity index (χ2n) is 8.31. The van der Waals surface area contributed by atoms with Gasteiger partial charge in [-0.05, 0) is 74.7 Å². The summed E-state index contributed by atoms with van der Waals surface area (Å²) in [6.07, 6.45) is 3.27. The molecule has 0 aliphatic rings. The summed E-state index contributed by atoms with van der Waals surface area (Å²) >= 11 is 0. The Morgan fingerprint density at radius 3 is 2.68 bits per heavy atom. The molecule has 2 aromatic heterocycles. The number of amides is 1. The molecule has 0 atom stereocenters. The predicted molar refractivity (Wildman–Crippen MR) is 132 cm³/mol. The second kappa shape index (κ2) is 9.87. The Balaban J connectivity index is 1.37. The molecule has 34 heavy (non-hydrogen) atoms. The van der Waals surface area contributed by atoms with Gasteiger partial charge in [0.1, 0.15) is 12.4 Å². The van der Waals surface area contributed by atoms with Crippen LogP contribution in [0.15, 0.2) is 47.0 Å². The van der Waals surface area contributed by atoms with Crippen LogP contribution in [0.5, 0.6) is 11.5 Å². The van der Waals surface area contributed by atoms with Gasteiger partial charge in [-0.3, -0.25) is 4.79 Å². The van der Waals surface area contributed by atoms with Crippen molar-refractivity contribution >= 4 is 22.9 Å². The number of ether oxygens (including phenoxy) is 2. The van der Waals surface area contributed by atoms with E-state index in [1.165, 1.54) is 17.0 Å². The van der Waals surface area contributed by atoms with Crippen LogP contribution in [-0.2, 0) is 17.9 Å². The highest BCUT2D eigenvalue weighted by Crippen LogP contribution is 2.30. The maximum atomic E-state index is 12.4. The van der Waals surface area contributed by atoms with Crippen molar-refractivity contribution in [2.45, 2.75) is 40.8 Å². The molecule has 0 unspecified atom stereocenters. The molecule has 0 bridgehead atoms. The molecule has 2 heterocycles. The summed E-state index contributed by atoms with van der Waals surface area (Å²) in [5, 5.41) is 8.07. The van der Waals surface area contributed by atoms with E-state index in [1.807, 2.05) is 44.2 Å². The number of rotatable bonds is 8. The molecule has 2 N–H and O–H groups in total. The van der Waals surface area contributed by atoms with E-state index in [0.29, 0.717) is 24.7 Å². The number of H-pyrrole nitrogens is 1. The highest BCUT2D eigenvalue weighted by atomic mass is 16.5. The number of carbonyl (C=O) groups excluding carboxylic acids is 1. The maximum absolute atomic E-state index is 12.4. The molecule has 0 fully saturated rings. The molecule has 1 amide bonds. The van der Waals surface area contributed by atoms with Crippen molar-refractivity contribution in [1.29, 1.82) is 0 Å². The molecule has 7 nitrogen and oxygen atoms in total. The Bertz CT molecular complexity index is 1340. The van der Waals surface area contributed by atoms with Crippen LogP contribution in [0.25, 0.3) is 17.0 Å². The molecule has 7 heteroatoms. The Morgan fingerprint density at radius 2 is 1.94 bits per heavy atom. The van der Waals surface area contributed by atoms with Crippen LogP contribution >= 0.6 is 0 Å². The Kier molecular flexibility index (Phi) is 6.72. The van der Waals surface area contributed by atoms with Gasteiger partial charge in [0.05, 0.1) is 18.4 Å². The molecule has 0 aliphatic heterocycles. The number of carbonyl (C=O) groups is 1. The maximum Gasteiger partial charge on any atom is 0.244 e. The molecule has 4 aromatic rings. The van der Waals surface area contributed by atoms with Crippen molar-refractivity contribution in [3.8, 4) is 11.5 Å². The number of methoxy groups -OCH3 is 1. The van der Waals surface area contributed by atoms with E-state index in [1.54, 1.807) is 13.2 Å². The molecular weight excluding hydrogens is 430 g/mol. The van der Waals surface area contributed by atoms with E-state index < -0.39 is 0 Å². The summed E-state index contributed by atoms with van der Waals surface area (Å²) in [6, 6.07) is 11.7. The fourth-order valence-electron chi connectivity index (χ4n) is 3.80. The van der Waals surface area contributed by atoms with E-state index >= 15 is 0 Å². The number of benzene rings is 2. The minimum atomic E-state index is -0.167. The standard InChI is InChI=1S/C27H29N3O4/c1-16-17(2)29-24-9-6-21(12-22(16)24)14-28-27(31)11-8-20-7-10-25(26(13-20)32-5)33-15-23-18(3)30-34-19(23)4/h6-13,29H,14-15H2,1-5H3,(H,28,31)/b11-8+. The van der Waals surface area contributed by atoms with Gasteiger partial charge < -0.3 is 24.3 Å². The third kappa shape index (κ3) is 4.98. The van der Waals surface area contributed by atoms with Gasteiger partial charge in [-0.1, -0.05) is 17.3 Å². The molecule has 4 rings (SSSR count). The van der Waals surface area contributed by atoms with Crippen LogP contribution in [0.4, 0.5) is 0 Å². The normalized spacial score (nSPS) is 11.3. The van der Waals surface area contributed by atoms with Crippen molar-refractivity contribution in [3.63, 3.8) is 0 Å². The zero-order chi connectivity index (χ0) is 24.2.